The number of sulfonamides is 1. The van der Waals surface area contributed by atoms with Gasteiger partial charge in [0.15, 0.2) is 0 Å². The van der Waals surface area contributed by atoms with Crippen LogP contribution in [0.3, 0.4) is 0 Å². The maximum Gasteiger partial charge on any atom is 0.243 e. The van der Waals surface area contributed by atoms with Crippen LogP contribution < -0.4 is 4.31 Å². The normalized spacial score (nSPS) is 14.0. The Bertz CT molecular complexity index is 949. The summed E-state index contributed by atoms with van der Waals surface area (Å²) in [6.07, 6.45) is 1.73. The van der Waals surface area contributed by atoms with E-state index in [9.17, 15) is 17.6 Å². The Hall–Kier alpha value is -2.12. The number of hydrogen-bond acceptors (Lipinski definition) is 3. The van der Waals surface area contributed by atoms with Crippen molar-refractivity contribution in [2.75, 3.05) is 23.7 Å². The van der Waals surface area contributed by atoms with E-state index in [0.717, 1.165) is 28.6 Å². The van der Waals surface area contributed by atoms with Gasteiger partial charge in [-0.2, -0.15) is 0 Å². The molecule has 0 fully saturated rings. The first-order valence-corrected chi connectivity index (χ1v) is 10.3. The van der Waals surface area contributed by atoms with Gasteiger partial charge >= 0.3 is 0 Å². The van der Waals surface area contributed by atoms with Gasteiger partial charge in [0.1, 0.15) is 12.4 Å². The summed E-state index contributed by atoms with van der Waals surface area (Å²) in [5.41, 5.74) is 2.41. The lowest BCUT2D eigenvalue weighted by Gasteiger charge is -2.31. The van der Waals surface area contributed by atoms with E-state index in [-0.39, 0.29) is 23.2 Å². The Labute approximate surface area is 157 Å². The molecule has 1 amide bonds. The topological polar surface area (TPSA) is 57.7 Å². The van der Waals surface area contributed by atoms with Crippen molar-refractivity contribution >= 4 is 33.2 Å². The summed E-state index contributed by atoms with van der Waals surface area (Å²) < 4.78 is 38.6. The van der Waals surface area contributed by atoms with Gasteiger partial charge in [-0.3, -0.25) is 9.10 Å². The minimum absolute atomic E-state index is 0.157. The summed E-state index contributed by atoms with van der Waals surface area (Å²) in [6, 6.07) is 11.4. The van der Waals surface area contributed by atoms with Crippen LogP contribution in [0.25, 0.3) is 0 Å². The molecule has 26 heavy (non-hydrogen) atoms. The maximum absolute atomic E-state index is 13.4. The zero-order valence-electron chi connectivity index (χ0n) is 14.2. The number of nitrogens with zero attached hydrogens (tertiary/aromatic N) is 2. The number of benzene rings is 2. The highest BCUT2D eigenvalue weighted by atomic mass is 35.5. The van der Waals surface area contributed by atoms with Crippen molar-refractivity contribution in [3.8, 4) is 0 Å². The van der Waals surface area contributed by atoms with Crippen molar-refractivity contribution in [1.82, 2.24) is 4.90 Å². The zero-order chi connectivity index (χ0) is 18.9. The van der Waals surface area contributed by atoms with E-state index < -0.39 is 15.8 Å². The summed E-state index contributed by atoms with van der Waals surface area (Å²) in [6.45, 7) is 0.608. The molecule has 0 radical (unpaired) electrons. The van der Waals surface area contributed by atoms with Crippen LogP contribution in [0.2, 0.25) is 5.02 Å². The van der Waals surface area contributed by atoms with Crippen LogP contribution in [0.15, 0.2) is 42.5 Å². The number of fused-ring (bicyclic) bond motifs is 1. The fraction of sp³-hybridized carbons (Fsp3) is 0.278. The summed E-state index contributed by atoms with van der Waals surface area (Å²) in [4.78, 5) is 14.3. The fourth-order valence-corrected chi connectivity index (χ4v) is 3.99. The number of anilines is 1. The van der Waals surface area contributed by atoms with E-state index in [1.807, 2.05) is 24.3 Å². The number of carbonyl (C=O) groups excluding carboxylic acids is 1. The molecule has 0 aromatic heterocycles. The van der Waals surface area contributed by atoms with Crippen LogP contribution in [-0.4, -0.2) is 38.6 Å². The number of rotatable bonds is 4. The average Bonchev–Trinajstić information content (AvgIpc) is 2.60. The van der Waals surface area contributed by atoms with Crippen LogP contribution >= 0.6 is 11.6 Å². The van der Waals surface area contributed by atoms with Crippen molar-refractivity contribution < 1.29 is 17.6 Å². The summed E-state index contributed by atoms with van der Waals surface area (Å²) >= 11 is 5.76. The molecule has 3 rings (SSSR count). The monoisotopic (exact) mass is 396 g/mol. The standard InChI is InChI=1S/C18H18ClFN2O3S/c1-26(24,25)22(15-6-7-17(20)16(19)10-15)12-18(23)21-9-8-13-4-2-3-5-14(13)11-21/h2-7,10H,8-9,11-12H2,1H3. The highest BCUT2D eigenvalue weighted by molar-refractivity contribution is 7.92. The first-order valence-electron chi connectivity index (χ1n) is 8.03. The first kappa shape index (κ1) is 18.7. The van der Waals surface area contributed by atoms with E-state index in [1.165, 1.54) is 17.7 Å². The number of carbonyl (C=O) groups is 1. The molecule has 138 valence electrons. The smallest absolute Gasteiger partial charge is 0.243 e. The Morgan fingerprint density at radius 3 is 2.58 bits per heavy atom. The Balaban J connectivity index is 1.81. The van der Waals surface area contributed by atoms with Gasteiger partial charge in [-0.05, 0) is 35.7 Å². The van der Waals surface area contributed by atoms with Crippen molar-refractivity contribution in [3.05, 3.63) is 64.4 Å². The molecule has 0 N–H and O–H groups in total. The van der Waals surface area contributed by atoms with Crippen LogP contribution in [0, 0.1) is 5.82 Å². The minimum atomic E-state index is -3.74. The molecule has 2 aromatic rings. The lowest BCUT2D eigenvalue weighted by molar-refractivity contribution is -0.130. The molecule has 5 nitrogen and oxygen atoms in total. The SMILES string of the molecule is CS(=O)(=O)N(CC(=O)N1CCc2ccccc2C1)c1ccc(F)c(Cl)c1. The zero-order valence-corrected chi connectivity index (χ0v) is 15.7. The lowest BCUT2D eigenvalue weighted by atomic mass is 10.00. The largest absolute Gasteiger partial charge is 0.336 e. The predicted molar refractivity (Wildman–Crippen MR) is 99.2 cm³/mol. The third-order valence-electron chi connectivity index (χ3n) is 4.35. The maximum atomic E-state index is 13.4. The van der Waals surface area contributed by atoms with E-state index in [4.69, 9.17) is 11.6 Å². The van der Waals surface area contributed by atoms with Gasteiger partial charge in [0.25, 0.3) is 0 Å². The molecule has 1 heterocycles. The highest BCUT2D eigenvalue weighted by Crippen LogP contribution is 2.25. The number of halogens is 2. The van der Waals surface area contributed by atoms with E-state index >= 15 is 0 Å². The second-order valence-corrected chi connectivity index (χ2v) is 8.52. The van der Waals surface area contributed by atoms with Gasteiger partial charge in [-0.1, -0.05) is 35.9 Å². The molecule has 0 bridgehead atoms. The third-order valence-corrected chi connectivity index (χ3v) is 5.78. The van der Waals surface area contributed by atoms with Crippen molar-refractivity contribution in [1.29, 1.82) is 0 Å². The van der Waals surface area contributed by atoms with E-state index in [1.54, 1.807) is 4.90 Å². The van der Waals surface area contributed by atoms with Gasteiger partial charge in [0.2, 0.25) is 15.9 Å². The van der Waals surface area contributed by atoms with Gasteiger partial charge in [-0.15, -0.1) is 0 Å². The Kier molecular flexibility index (Phi) is 5.20. The average molecular weight is 397 g/mol. The summed E-state index contributed by atoms with van der Waals surface area (Å²) in [5, 5.41) is -0.199. The van der Waals surface area contributed by atoms with E-state index in [0.29, 0.717) is 13.1 Å². The molecular formula is C18H18ClFN2O3S. The summed E-state index contributed by atoms with van der Waals surface area (Å²) in [5.74, 6) is -0.965. The first-order chi connectivity index (χ1) is 12.3. The van der Waals surface area contributed by atoms with Crippen molar-refractivity contribution in [3.63, 3.8) is 0 Å². The molecule has 0 saturated heterocycles. The van der Waals surface area contributed by atoms with Crippen LogP contribution in [0.5, 0.6) is 0 Å². The van der Waals surface area contributed by atoms with Gasteiger partial charge < -0.3 is 4.90 Å². The molecule has 1 aliphatic rings. The van der Waals surface area contributed by atoms with Gasteiger partial charge in [0.05, 0.1) is 17.0 Å². The van der Waals surface area contributed by atoms with Crippen LogP contribution in [0.4, 0.5) is 10.1 Å². The molecular weight excluding hydrogens is 379 g/mol. The van der Waals surface area contributed by atoms with Crippen molar-refractivity contribution in [2.24, 2.45) is 0 Å². The summed E-state index contributed by atoms with van der Waals surface area (Å²) in [7, 11) is -3.74. The second-order valence-electron chi connectivity index (χ2n) is 6.20. The molecule has 0 unspecified atom stereocenters. The fourth-order valence-electron chi connectivity index (χ4n) is 2.97. The van der Waals surface area contributed by atoms with Crippen molar-refractivity contribution in [2.45, 2.75) is 13.0 Å². The van der Waals surface area contributed by atoms with Gasteiger partial charge in [0, 0.05) is 13.1 Å². The van der Waals surface area contributed by atoms with Gasteiger partial charge in [-0.25, -0.2) is 12.8 Å². The molecule has 2 aromatic carbocycles. The number of amides is 1. The number of hydrogen-bond donors (Lipinski definition) is 0. The third kappa shape index (κ3) is 3.99. The Morgan fingerprint density at radius 1 is 1.23 bits per heavy atom. The molecule has 0 spiro atoms. The van der Waals surface area contributed by atoms with E-state index in [2.05, 4.69) is 0 Å². The molecule has 1 aliphatic heterocycles. The quantitative estimate of drug-likeness (QED) is 0.798. The molecule has 8 heteroatoms. The predicted octanol–water partition coefficient (Wildman–Crippen LogP) is 2.83. The molecule has 0 atom stereocenters. The van der Waals surface area contributed by atoms with Crippen LogP contribution in [-0.2, 0) is 27.8 Å². The Morgan fingerprint density at radius 2 is 1.92 bits per heavy atom. The second kappa shape index (κ2) is 7.25. The molecule has 0 aliphatic carbocycles. The molecule has 0 saturated carbocycles. The minimum Gasteiger partial charge on any atom is -0.336 e. The highest BCUT2D eigenvalue weighted by Gasteiger charge is 2.26. The van der Waals surface area contributed by atoms with Crippen LogP contribution in [0.1, 0.15) is 11.1 Å². The lowest BCUT2D eigenvalue weighted by Crippen LogP contribution is -2.44.